The fourth-order valence-electron chi connectivity index (χ4n) is 2.02. The Morgan fingerprint density at radius 1 is 1.15 bits per heavy atom. The van der Waals surface area contributed by atoms with E-state index in [0.717, 1.165) is 11.3 Å². The molecule has 1 atom stereocenters. The number of rotatable bonds is 3. The SMILES string of the molecule is N#CC(Nc1ccccc1Cl)c1ccc2c(c1)OCO2. The molecule has 0 aromatic heterocycles. The Morgan fingerprint density at radius 2 is 1.95 bits per heavy atom. The van der Waals surface area contributed by atoms with Crippen LogP contribution in [0.2, 0.25) is 5.02 Å². The molecule has 0 saturated carbocycles. The first kappa shape index (κ1) is 12.6. The van der Waals surface area contributed by atoms with Crippen LogP contribution in [0.1, 0.15) is 11.6 Å². The van der Waals surface area contributed by atoms with Crippen LogP contribution in [0.25, 0.3) is 0 Å². The molecule has 20 heavy (non-hydrogen) atoms. The van der Waals surface area contributed by atoms with Crippen LogP contribution in [-0.2, 0) is 0 Å². The van der Waals surface area contributed by atoms with Crippen molar-refractivity contribution in [2.24, 2.45) is 0 Å². The summed E-state index contributed by atoms with van der Waals surface area (Å²) in [6.07, 6.45) is 0. The summed E-state index contributed by atoms with van der Waals surface area (Å²) in [5.74, 6) is 1.35. The number of benzene rings is 2. The van der Waals surface area contributed by atoms with E-state index in [9.17, 15) is 5.26 Å². The molecule has 100 valence electrons. The topological polar surface area (TPSA) is 54.3 Å². The first-order valence-corrected chi connectivity index (χ1v) is 6.46. The lowest BCUT2D eigenvalue weighted by Gasteiger charge is -2.14. The van der Waals surface area contributed by atoms with Gasteiger partial charge in [0, 0.05) is 0 Å². The van der Waals surface area contributed by atoms with Gasteiger partial charge in [-0.15, -0.1) is 0 Å². The lowest BCUT2D eigenvalue weighted by Crippen LogP contribution is -2.08. The molecule has 1 aliphatic heterocycles. The van der Waals surface area contributed by atoms with E-state index >= 15 is 0 Å². The van der Waals surface area contributed by atoms with Crippen molar-refractivity contribution in [3.05, 3.63) is 53.1 Å². The van der Waals surface area contributed by atoms with Crippen molar-refractivity contribution >= 4 is 17.3 Å². The summed E-state index contributed by atoms with van der Waals surface area (Å²) in [5, 5.41) is 13.0. The molecule has 3 rings (SSSR count). The molecule has 2 aromatic rings. The van der Waals surface area contributed by atoms with Crippen LogP contribution in [0.3, 0.4) is 0 Å². The third-order valence-corrected chi connectivity index (χ3v) is 3.36. The number of hydrogen-bond donors (Lipinski definition) is 1. The van der Waals surface area contributed by atoms with Crippen molar-refractivity contribution in [1.29, 1.82) is 5.26 Å². The van der Waals surface area contributed by atoms with Crippen LogP contribution in [0, 0.1) is 11.3 Å². The Bertz CT molecular complexity index is 682. The van der Waals surface area contributed by atoms with Gasteiger partial charge in [0.25, 0.3) is 0 Å². The zero-order valence-corrected chi connectivity index (χ0v) is 11.2. The maximum absolute atomic E-state index is 9.35. The summed E-state index contributed by atoms with van der Waals surface area (Å²) < 4.78 is 10.6. The molecule has 0 aliphatic carbocycles. The van der Waals surface area contributed by atoms with E-state index in [1.807, 2.05) is 24.3 Å². The second-order valence-electron chi connectivity index (χ2n) is 4.30. The highest BCUT2D eigenvalue weighted by Crippen LogP contribution is 2.35. The molecule has 0 amide bonds. The van der Waals surface area contributed by atoms with E-state index in [2.05, 4.69) is 11.4 Å². The molecule has 1 N–H and O–H groups in total. The molecule has 5 heteroatoms. The van der Waals surface area contributed by atoms with E-state index in [1.165, 1.54) is 0 Å². The first-order chi connectivity index (χ1) is 9.78. The predicted molar refractivity (Wildman–Crippen MR) is 76.0 cm³/mol. The van der Waals surface area contributed by atoms with Crippen LogP contribution in [-0.4, -0.2) is 6.79 Å². The molecule has 4 nitrogen and oxygen atoms in total. The second-order valence-corrected chi connectivity index (χ2v) is 4.71. The van der Waals surface area contributed by atoms with Gasteiger partial charge in [-0.05, 0) is 29.8 Å². The highest BCUT2D eigenvalue weighted by Gasteiger charge is 2.18. The maximum atomic E-state index is 9.35. The van der Waals surface area contributed by atoms with Gasteiger partial charge in [-0.3, -0.25) is 0 Å². The lowest BCUT2D eigenvalue weighted by atomic mass is 10.1. The Morgan fingerprint density at radius 3 is 2.75 bits per heavy atom. The molecule has 1 aliphatic rings. The molecule has 0 fully saturated rings. The summed E-state index contributed by atoms with van der Waals surface area (Å²) in [6, 6.07) is 14.5. The molecular formula is C15H11ClN2O2. The normalized spacial score (nSPS) is 13.6. The van der Waals surface area contributed by atoms with Gasteiger partial charge in [0.15, 0.2) is 11.5 Å². The zero-order chi connectivity index (χ0) is 13.9. The van der Waals surface area contributed by atoms with Crippen LogP contribution in [0.15, 0.2) is 42.5 Å². The number of nitrogens with zero attached hydrogens (tertiary/aromatic N) is 1. The highest BCUT2D eigenvalue weighted by molar-refractivity contribution is 6.33. The minimum Gasteiger partial charge on any atom is -0.454 e. The molecule has 0 bridgehead atoms. The minimum absolute atomic E-state index is 0.216. The summed E-state index contributed by atoms with van der Waals surface area (Å²) >= 11 is 6.09. The summed E-state index contributed by atoms with van der Waals surface area (Å²) in [5.41, 5.74) is 1.52. The highest BCUT2D eigenvalue weighted by atomic mass is 35.5. The van der Waals surface area contributed by atoms with Gasteiger partial charge < -0.3 is 14.8 Å². The van der Waals surface area contributed by atoms with E-state index in [4.69, 9.17) is 21.1 Å². The minimum atomic E-state index is -0.510. The fraction of sp³-hybridized carbons (Fsp3) is 0.133. The van der Waals surface area contributed by atoms with Gasteiger partial charge >= 0.3 is 0 Å². The van der Waals surface area contributed by atoms with Gasteiger partial charge in [-0.25, -0.2) is 0 Å². The van der Waals surface area contributed by atoms with Gasteiger partial charge in [0.1, 0.15) is 6.04 Å². The zero-order valence-electron chi connectivity index (χ0n) is 10.5. The van der Waals surface area contributed by atoms with E-state index in [-0.39, 0.29) is 6.79 Å². The molecule has 0 spiro atoms. The van der Waals surface area contributed by atoms with Crippen LogP contribution >= 0.6 is 11.6 Å². The standard InChI is InChI=1S/C15H11ClN2O2/c16-11-3-1-2-4-12(11)18-13(8-17)10-5-6-14-15(7-10)20-9-19-14/h1-7,13,18H,9H2. The van der Waals surface area contributed by atoms with Crippen molar-refractivity contribution in [3.63, 3.8) is 0 Å². The lowest BCUT2D eigenvalue weighted by molar-refractivity contribution is 0.174. The number of fused-ring (bicyclic) bond motifs is 1. The van der Waals surface area contributed by atoms with Crippen LogP contribution in [0.5, 0.6) is 11.5 Å². The van der Waals surface area contributed by atoms with E-state index in [1.54, 1.807) is 18.2 Å². The number of nitrogens with one attached hydrogen (secondary N) is 1. The van der Waals surface area contributed by atoms with Crippen LogP contribution in [0.4, 0.5) is 5.69 Å². The first-order valence-electron chi connectivity index (χ1n) is 6.08. The Labute approximate surface area is 121 Å². The van der Waals surface area contributed by atoms with Gasteiger partial charge in [0.05, 0.1) is 16.8 Å². The number of anilines is 1. The van der Waals surface area contributed by atoms with E-state index in [0.29, 0.717) is 16.5 Å². The molecule has 1 unspecified atom stereocenters. The average molecular weight is 287 g/mol. The summed E-state index contributed by atoms with van der Waals surface area (Å²) in [6.45, 7) is 0.216. The van der Waals surface area contributed by atoms with Gasteiger partial charge in [0.2, 0.25) is 6.79 Å². The average Bonchev–Trinajstić information content (AvgIpc) is 2.94. The molecule has 0 radical (unpaired) electrons. The smallest absolute Gasteiger partial charge is 0.231 e. The Kier molecular flexibility index (Phi) is 3.36. The van der Waals surface area contributed by atoms with Crippen molar-refractivity contribution in [2.45, 2.75) is 6.04 Å². The monoisotopic (exact) mass is 286 g/mol. The number of ether oxygens (including phenoxy) is 2. The fourth-order valence-corrected chi connectivity index (χ4v) is 2.21. The van der Waals surface area contributed by atoms with Crippen molar-refractivity contribution in [2.75, 3.05) is 12.1 Å². The van der Waals surface area contributed by atoms with Gasteiger partial charge in [-0.1, -0.05) is 29.8 Å². The summed E-state index contributed by atoms with van der Waals surface area (Å²) in [4.78, 5) is 0. The molecule has 0 saturated heterocycles. The quantitative estimate of drug-likeness (QED) is 0.934. The third kappa shape index (κ3) is 2.36. The van der Waals surface area contributed by atoms with Crippen LogP contribution < -0.4 is 14.8 Å². The largest absolute Gasteiger partial charge is 0.454 e. The molecular weight excluding hydrogens is 276 g/mol. The second kappa shape index (κ2) is 5.32. The van der Waals surface area contributed by atoms with Crippen molar-refractivity contribution < 1.29 is 9.47 Å². The Hall–Kier alpha value is -2.38. The Balaban J connectivity index is 1.87. The van der Waals surface area contributed by atoms with E-state index < -0.39 is 6.04 Å². The molecule has 2 aromatic carbocycles. The van der Waals surface area contributed by atoms with Crippen molar-refractivity contribution in [3.8, 4) is 17.6 Å². The number of hydrogen-bond acceptors (Lipinski definition) is 4. The number of para-hydroxylation sites is 1. The van der Waals surface area contributed by atoms with Gasteiger partial charge in [-0.2, -0.15) is 5.26 Å². The number of halogens is 1. The summed E-state index contributed by atoms with van der Waals surface area (Å²) in [7, 11) is 0. The third-order valence-electron chi connectivity index (χ3n) is 3.03. The number of nitriles is 1. The molecule has 1 heterocycles. The van der Waals surface area contributed by atoms with Crippen molar-refractivity contribution in [1.82, 2.24) is 0 Å². The maximum Gasteiger partial charge on any atom is 0.231 e. The predicted octanol–water partition coefficient (Wildman–Crippen LogP) is 3.75.